The third kappa shape index (κ3) is 4.28. The minimum Gasteiger partial charge on any atom is -0.452 e. The van der Waals surface area contributed by atoms with Crippen LogP contribution in [-0.2, 0) is 9.53 Å². The van der Waals surface area contributed by atoms with Gasteiger partial charge in [0.1, 0.15) is 11.3 Å². The third-order valence-electron chi connectivity index (χ3n) is 3.46. The highest BCUT2D eigenvalue weighted by molar-refractivity contribution is 5.96. The zero-order chi connectivity index (χ0) is 18.6. The highest BCUT2D eigenvalue weighted by Gasteiger charge is 2.19. The van der Waals surface area contributed by atoms with Crippen LogP contribution < -0.4 is 10.9 Å². The fourth-order valence-corrected chi connectivity index (χ4v) is 2.03. The van der Waals surface area contributed by atoms with Gasteiger partial charge >= 0.3 is 5.97 Å². The number of carbonyl (C=O) groups excluding carboxylic acids is 2. The second-order valence-corrected chi connectivity index (χ2v) is 5.25. The maximum Gasteiger partial charge on any atom is 0.344 e. The van der Waals surface area contributed by atoms with Crippen molar-refractivity contribution in [3.8, 4) is 0 Å². The lowest BCUT2D eigenvalue weighted by Crippen LogP contribution is -2.24. The topological polar surface area (TPSA) is 131 Å². The Morgan fingerprint density at radius 2 is 1.96 bits per heavy atom. The molecule has 0 saturated carbocycles. The Hall–Kier alpha value is -3.49. The van der Waals surface area contributed by atoms with Gasteiger partial charge in [-0.15, -0.1) is 0 Å². The fourth-order valence-electron chi connectivity index (χ4n) is 2.03. The van der Waals surface area contributed by atoms with Gasteiger partial charge in [0.15, 0.2) is 6.61 Å². The summed E-state index contributed by atoms with van der Waals surface area (Å²) in [5.74, 6) is -1.72. The zero-order valence-electron chi connectivity index (χ0n) is 13.5. The minimum atomic E-state index is -0.966. The number of ether oxygens (including phenoxy) is 1. The number of pyridine rings is 1. The van der Waals surface area contributed by atoms with Crippen LogP contribution in [0.4, 0.5) is 11.4 Å². The molecule has 0 aliphatic rings. The van der Waals surface area contributed by atoms with E-state index in [9.17, 15) is 24.5 Å². The number of anilines is 1. The SMILES string of the molecule is Cc1cc(NC(=O)COC(=O)c2ccc[nH]c2=O)c([N+](=O)[O-])cc1C. The number of aryl methyl sites for hydroxylation is 2. The van der Waals surface area contributed by atoms with Crippen LogP contribution in [0.2, 0.25) is 0 Å². The standard InChI is InChI=1S/C16H15N3O6/c1-9-6-12(13(19(23)24)7-10(9)2)18-14(20)8-25-16(22)11-4-3-5-17-15(11)21/h3-7H,8H2,1-2H3,(H,17,21)(H,18,20). The zero-order valence-corrected chi connectivity index (χ0v) is 13.5. The summed E-state index contributed by atoms with van der Waals surface area (Å²) in [6, 6.07) is 5.51. The van der Waals surface area contributed by atoms with E-state index < -0.39 is 29.0 Å². The lowest BCUT2D eigenvalue weighted by atomic mass is 10.1. The predicted octanol–water partition coefficient (Wildman–Crippen LogP) is 1.70. The monoisotopic (exact) mass is 345 g/mol. The van der Waals surface area contributed by atoms with Gasteiger partial charge in [0.05, 0.1) is 4.92 Å². The lowest BCUT2D eigenvalue weighted by molar-refractivity contribution is -0.384. The average Bonchev–Trinajstić information content (AvgIpc) is 2.56. The van der Waals surface area contributed by atoms with Crippen molar-refractivity contribution >= 4 is 23.3 Å². The summed E-state index contributed by atoms with van der Waals surface area (Å²) in [5, 5.41) is 13.4. The Morgan fingerprint density at radius 1 is 1.28 bits per heavy atom. The summed E-state index contributed by atoms with van der Waals surface area (Å²) in [7, 11) is 0. The maximum absolute atomic E-state index is 11.9. The van der Waals surface area contributed by atoms with Crippen molar-refractivity contribution in [2.75, 3.05) is 11.9 Å². The summed E-state index contributed by atoms with van der Waals surface area (Å²) in [6.45, 7) is 2.78. The Bertz CT molecular complexity index is 903. The molecule has 2 N–H and O–H groups in total. The van der Waals surface area contributed by atoms with Crippen LogP contribution >= 0.6 is 0 Å². The van der Waals surface area contributed by atoms with Crippen molar-refractivity contribution < 1.29 is 19.2 Å². The number of nitro benzene ring substituents is 1. The molecule has 1 amide bonds. The van der Waals surface area contributed by atoms with Gasteiger partial charge in [-0.25, -0.2) is 4.79 Å². The Labute approximate surface area is 141 Å². The van der Waals surface area contributed by atoms with Crippen LogP contribution in [0.1, 0.15) is 21.5 Å². The number of benzene rings is 1. The van der Waals surface area contributed by atoms with Crippen LogP contribution in [0.15, 0.2) is 35.3 Å². The van der Waals surface area contributed by atoms with Crippen molar-refractivity contribution in [3.63, 3.8) is 0 Å². The molecular formula is C16H15N3O6. The van der Waals surface area contributed by atoms with Gasteiger partial charge in [-0.1, -0.05) is 0 Å². The molecule has 2 aromatic rings. The number of esters is 1. The van der Waals surface area contributed by atoms with E-state index in [1.165, 1.54) is 30.5 Å². The predicted molar refractivity (Wildman–Crippen MR) is 88.5 cm³/mol. The van der Waals surface area contributed by atoms with E-state index in [2.05, 4.69) is 10.3 Å². The first-order valence-corrected chi connectivity index (χ1v) is 7.20. The van der Waals surface area contributed by atoms with Crippen LogP contribution in [0.25, 0.3) is 0 Å². The normalized spacial score (nSPS) is 10.2. The summed E-state index contributed by atoms with van der Waals surface area (Å²) < 4.78 is 4.76. The summed E-state index contributed by atoms with van der Waals surface area (Å²) in [4.78, 5) is 47.9. The molecule has 9 heteroatoms. The lowest BCUT2D eigenvalue weighted by Gasteiger charge is -2.09. The Balaban J connectivity index is 2.07. The van der Waals surface area contributed by atoms with E-state index in [-0.39, 0.29) is 16.9 Å². The molecule has 2 rings (SSSR count). The van der Waals surface area contributed by atoms with E-state index in [1.807, 2.05) is 0 Å². The molecule has 1 heterocycles. The molecule has 1 aromatic carbocycles. The van der Waals surface area contributed by atoms with Gasteiger partial charge in [0, 0.05) is 12.3 Å². The van der Waals surface area contributed by atoms with E-state index in [0.717, 1.165) is 5.56 Å². The van der Waals surface area contributed by atoms with Gasteiger partial charge in [0.2, 0.25) is 0 Å². The molecular weight excluding hydrogens is 330 g/mol. The number of carbonyl (C=O) groups is 2. The van der Waals surface area contributed by atoms with Crippen molar-refractivity contribution in [3.05, 3.63) is 67.6 Å². The third-order valence-corrected chi connectivity index (χ3v) is 3.46. The number of hydrogen-bond donors (Lipinski definition) is 2. The number of nitrogens with zero attached hydrogens (tertiary/aromatic N) is 1. The second kappa shape index (κ2) is 7.39. The van der Waals surface area contributed by atoms with Gasteiger partial charge in [-0.2, -0.15) is 0 Å². The minimum absolute atomic E-state index is 0.00621. The molecule has 130 valence electrons. The molecule has 0 fully saturated rings. The number of aromatic nitrogens is 1. The van der Waals surface area contributed by atoms with Crippen LogP contribution in [0.3, 0.4) is 0 Å². The molecule has 0 atom stereocenters. The largest absolute Gasteiger partial charge is 0.452 e. The highest BCUT2D eigenvalue weighted by Crippen LogP contribution is 2.27. The van der Waals surface area contributed by atoms with E-state index >= 15 is 0 Å². The van der Waals surface area contributed by atoms with E-state index in [1.54, 1.807) is 13.8 Å². The maximum atomic E-state index is 11.9. The fraction of sp³-hybridized carbons (Fsp3) is 0.188. The van der Waals surface area contributed by atoms with Gasteiger partial charge in [-0.05, 0) is 43.2 Å². The quantitative estimate of drug-likeness (QED) is 0.481. The molecule has 1 aromatic heterocycles. The molecule has 0 radical (unpaired) electrons. The van der Waals surface area contributed by atoms with Gasteiger partial charge in [-0.3, -0.25) is 19.7 Å². The Morgan fingerprint density at radius 3 is 2.60 bits per heavy atom. The number of hydrogen-bond acceptors (Lipinski definition) is 6. The van der Waals surface area contributed by atoms with Crippen molar-refractivity contribution in [2.24, 2.45) is 0 Å². The Kier molecular flexibility index (Phi) is 5.28. The van der Waals surface area contributed by atoms with Crippen LogP contribution in [0, 0.1) is 24.0 Å². The first kappa shape index (κ1) is 17.9. The van der Waals surface area contributed by atoms with Crippen LogP contribution in [-0.4, -0.2) is 28.4 Å². The molecule has 0 aliphatic heterocycles. The summed E-state index contributed by atoms with van der Waals surface area (Å²) in [6.07, 6.45) is 1.35. The molecule has 25 heavy (non-hydrogen) atoms. The first-order chi connectivity index (χ1) is 11.8. The van der Waals surface area contributed by atoms with E-state index in [0.29, 0.717) is 5.56 Å². The van der Waals surface area contributed by atoms with E-state index in [4.69, 9.17) is 4.74 Å². The van der Waals surface area contributed by atoms with Crippen molar-refractivity contribution in [2.45, 2.75) is 13.8 Å². The average molecular weight is 345 g/mol. The molecule has 0 aliphatic carbocycles. The number of amides is 1. The molecule has 0 bridgehead atoms. The number of aromatic amines is 1. The highest BCUT2D eigenvalue weighted by atomic mass is 16.6. The number of nitro groups is 1. The number of nitrogens with one attached hydrogen (secondary N) is 2. The second-order valence-electron chi connectivity index (χ2n) is 5.25. The molecule has 0 unspecified atom stereocenters. The number of H-pyrrole nitrogens is 1. The van der Waals surface area contributed by atoms with Crippen LogP contribution in [0.5, 0.6) is 0 Å². The number of rotatable bonds is 5. The molecule has 0 saturated heterocycles. The first-order valence-electron chi connectivity index (χ1n) is 7.20. The van der Waals surface area contributed by atoms with Gasteiger partial charge in [0.25, 0.3) is 17.2 Å². The van der Waals surface area contributed by atoms with Gasteiger partial charge < -0.3 is 15.0 Å². The molecule has 0 spiro atoms. The smallest absolute Gasteiger partial charge is 0.344 e. The summed E-state index contributed by atoms with van der Waals surface area (Å²) in [5.41, 5.74) is 0.326. The summed E-state index contributed by atoms with van der Waals surface area (Å²) >= 11 is 0. The van der Waals surface area contributed by atoms with Crippen molar-refractivity contribution in [1.82, 2.24) is 4.98 Å². The molecule has 9 nitrogen and oxygen atoms in total. The van der Waals surface area contributed by atoms with Crippen molar-refractivity contribution in [1.29, 1.82) is 0 Å².